The van der Waals surface area contributed by atoms with Gasteiger partial charge >= 0.3 is 0 Å². The third-order valence-corrected chi connectivity index (χ3v) is 3.95. The van der Waals surface area contributed by atoms with Crippen molar-refractivity contribution in [1.29, 1.82) is 0 Å². The Bertz CT molecular complexity index is 770. The molecule has 1 atom stereocenters. The minimum absolute atomic E-state index is 0.653. The largest absolute Gasteiger partial charge is 0.384 e. The van der Waals surface area contributed by atoms with Gasteiger partial charge < -0.3 is 5.11 Å². The zero-order valence-corrected chi connectivity index (χ0v) is 12.6. The summed E-state index contributed by atoms with van der Waals surface area (Å²) in [4.78, 5) is 4.41. The molecule has 1 heterocycles. The Morgan fingerprint density at radius 2 is 1.90 bits per heavy atom. The predicted octanol–water partition coefficient (Wildman–Crippen LogP) is 4.39. The number of halogens is 1. The first-order valence-electron chi connectivity index (χ1n) is 6.44. The van der Waals surface area contributed by atoms with Crippen molar-refractivity contribution < 1.29 is 5.11 Å². The van der Waals surface area contributed by atoms with E-state index in [-0.39, 0.29) is 0 Å². The summed E-state index contributed by atoms with van der Waals surface area (Å²) in [7, 11) is 0. The number of aromatic nitrogens is 1. The Balaban J connectivity index is 2.05. The molecule has 2 aromatic carbocycles. The number of benzene rings is 2. The first-order valence-corrected chi connectivity index (χ1v) is 7.23. The summed E-state index contributed by atoms with van der Waals surface area (Å²) < 4.78 is 1.02. The number of fused-ring (bicyclic) bond motifs is 1. The molecule has 1 unspecified atom stereocenters. The molecule has 3 aromatic rings. The fraction of sp³-hybridized carbons (Fsp3) is 0.118. The average molecular weight is 328 g/mol. The molecule has 3 heteroatoms. The zero-order chi connectivity index (χ0) is 14.1. The molecule has 1 aromatic heterocycles. The van der Waals surface area contributed by atoms with Gasteiger partial charge in [-0.2, -0.15) is 0 Å². The quantitative estimate of drug-likeness (QED) is 0.757. The highest BCUT2D eigenvalue weighted by atomic mass is 79.9. The molecule has 0 spiro atoms. The number of para-hydroxylation sites is 1. The van der Waals surface area contributed by atoms with Crippen LogP contribution in [0.3, 0.4) is 0 Å². The molecule has 0 radical (unpaired) electrons. The molecule has 0 amide bonds. The van der Waals surface area contributed by atoms with Gasteiger partial charge in [0.1, 0.15) is 6.10 Å². The van der Waals surface area contributed by atoms with Gasteiger partial charge in [-0.25, -0.2) is 0 Å². The van der Waals surface area contributed by atoms with Gasteiger partial charge in [-0.05, 0) is 42.3 Å². The van der Waals surface area contributed by atoms with E-state index in [1.807, 2.05) is 55.5 Å². The third-order valence-electron chi connectivity index (χ3n) is 3.45. The topological polar surface area (TPSA) is 33.1 Å². The van der Waals surface area contributed by atoms with Crippen molar-refractivity contribution in [3.8, 4) is 0 Å². The van der Waals surface area contributed by atoms with Crippen molar-refractivity contribution in [2.24, 2.45) is 0 Å². The molecule has 0 saturated carbocycles. The van der Waals surface area contributed by atoms with Crippen molar-refractivity contribution in [2.75, 3.05) is 0 Å². The highest BCUT2D eigenvalue weighted by Crippen LogP contribution is 2.28. The van der Waals surface area contributed by atoms with E-state index in [0.29, 0.717) is 0 Å². The van der Waals surface area contributed by atoms with E-state index in [9.17, 15) is 5.11 Å². The van der Waals surface area contributed by atoms with Crippen molar-refractivity contribution in [3.63, 3.8) is 0 Å². The van der Waals surface area contributed by atoms with Gasteiger partial charge in [0.05, 0.1) is 5.52 Å². The molecule has 0 bridgehead atoms. The molecule has 0 saturated heterocycles. The summed E-state index contributed by atoms with van der Waals surface area (Å²) in [5.41, 5.74) is 3.72. The van der Waals surface area contributed by atoms with Gasteiger partial charge in [-0.15, -0.1) is 0 Å². The van der Waals surface area contributed by atoms with Crippen molar-refractivity contribution >= 4 is 26.8 Å². The van der Waals surface area contributed by atoms with Crippen molar-refractivity contribution in [1.82, 2.24) is 4.98 Å². The highest BCUT2D eigenvalue weighted by molar-refractivity contribution is 9.10. The van der Waals surface area contributed by atoms with Crippen molar-refractivity contribution in [3.05, 3.63) is 75.9 Å². The fourth-order valence-corrected chi connectivity index (χ4v) is 2.84. The molecule has 1 N–H and O–H groups in total. The van der Waals surface area contributed by atoms with Gasteiger partial charge in [0.15, 0.2) is 0 Å². The normalized spacial score (nSPS) is 12.6. The van der Waals surface area contributed by atoms with Gasteiger partial charge in [0, 0.05) is 21.6 Å². The Morgan fingerprint density at radius 3 is 2.70 bits per heavy atom. The van der Waals surface area contributed by atoms with E-state index in [1.54, 1.807) is 6.20 Å². The lowest BCUT2D eigenvalue weighted by Gasteiger charge is -2.14. The van der Waals surface area contributed by atoms with Crippen LogP contribution in [0.4, 0.5) is 0 Å². The van der Waals surface area contributed by atoms with Crippen LogP contribution in [0.5, 0.6) is 0 Å². The molecular weight excluding hydrogens is 314 g/mol. The number of aliphatic hydroxyl groups is 1. The van der Waals surface area contributed by atoms with E-state index in [4.69, 9.17) is 0 Å². The lowest BCUT2D eigenvalue weighted by molar-refractivity contribution is 0.219. The molecule has 20 heavy (non-hydrogen) atoms. The molecular formula is C17H14BrNO. The van der Waals surface area contributed by atoms with Gasteiger partial charge in [0.2, 0.25) is 0 Å². The summed E-state index contributed by atoms with van der Waals surface area (Å²) >= 11 is 3.44. The first-order chi connectivity index (χ1) is 9.65. The minimum atomic E-state index is -0.653. The van der Waals surface area contributed by atoms with E-state index in [1.165, 1.54) is 0 Å². The van der Waals surface area contributed by atoms with Crippen LogP contribution in [0.25, 0.3) is 10.9 Å². The zero-order valence-electron chi connectivity index (χ0n) is 11.0. The average Bonchev–Trinajstić information content (AvgIpc) is 2.46. The maximum absolute atomic E-state index is 10.6. The van der Waals surface area contributed by atoms with Gasteiger partial charge in [-0.3, -0.25) is 4.98 Å². The molecule has 2 nitrogen and oxygen atoms in total. The Kier molecular flexibility index (Phi) is 3.55. The van der Waals surface area contributed by atoms with Crippen LogP contribution in [0.1, 0.15) is 22.8 Å². The van der Waals surface area contributed by atoms with Crippen molar-refractivity contribution in [2.45, 2.75) is 13.0 Å². The second-order valence-corrected chi connectivity index (χ2v) is 5.78. The Labute approximate surface area is 126 Å². The fourth-order valence-electron chi connectivity index (χ4n) is 2.36. The molecule has 0 fully saturated rings. The lowest BCUT2D eigenvalue weighted by Crippen LogP contribution is -2.02. The number of pyridine rings is 1. The standard InChI is InChI=1S/C17H14BrNO/c1-11-8-14(18)6-7-15(11)17(20)13-9-12-4-2-3-5-16(12)19-10-13/h2-10,17,20H,1H3. The number of aryl methyl sites for hydroxylation is 1. The van der Waals surface area contributed by atoms with Crippen LogP contribution in [-0.4, -0.2) is 10.1 Å². The number of aliphatic hydroxyl groups excluding tert-OH is 1. The van der Waals surface area contributed by atoms with E-state index in [0.717, 1.165) is 32.1 Å². The predicted molar refractivity (Wildman–Crippen MR) is 84.7 cm³/mol. The summed E-state index contributed by atoms with van der Waals surface area (Å²) in [6, 6.07) is 15.8. The second kappa shape index (κ2) is 5.35. The smallest absolute Gasteiger partial charge is 0.106 e. The summed E-state index contributed by atoms with van der Waals surface area (Å²) in [6.07, 6.45) is 1.09. The maximum atomic E-state index is 10.6. The number of rotatable bonds is 2. The number of hydrogen-bond acceptors (Lipinski definition) is 2. The van der Waals surface area contributed by atoms with E-state index < -0.39 is 6.10 Å². The Morgan fingerprint density at radius 1 is 1.10 bits per heavy atom. The molecule has 0 aliphatic rings. The van der Waals surface area contributed by atoms with Crippen LogP contribution in [0.2, 0.25) is 0 Å². The molecule has 100 valence electrons. The third kappa shape index (κ3) is 2.47. The molecule has 0 aliphatic carbocycles. The van der Waals surface area contributed by atoms with Gasteiger partial charge in [0.25, 0.3) is 0 Å². The minimum Gasteiger partial charge on any atom is -0.384 e. The first kappa shape index (κ1) is 13.3. The molecule has 0 aliphatic heterocycles. The van der Waals surface area contributed by atoms with Gasteiger partial charge in [-0.1, -0.05) is 40.2 Å². The van der Waals surface area contributed by atoms with Crippen LogP contribution in [0, 0.1) is 6.92 Å². The van der Waals surface area contributed by atoms with Crippen LogP contribution >= 0.6 is 15.9 Å². The highest BCUT2D eigenvalue weighted by Gasteiger charge is 2.14. The second-order valence-electron chi connectivity index (χ2n) is 4.86. The monoisotopic (exact) mass is 327 g/mol. The van der Waals surface area contributed by atoms with Crippen LogP contribution < -0.4 is 0 Å². The number of hydrogen-bond donors (Lipinski definition) is 1. The lowest BCUT2D eigenvalue weighted by atomic mass is 9.98. The van der Waals surface area contributed by atoms with E-state index in [2.05, 4.69) is 20.9 Å². The summed E-state index contributed by atoms with van der Waals surface area (Å²) in [5, 5.41) is 11.6. The Hall–Kier alpha value is -1.71. The summed E-state index contributed by atoms with van der Waals surface area (Å²) in [6.45, 7) is 2.00. The van der Waals surface area contributed by atoms with Crippen LogP contribution in [-0.2, 0) is 0 Å². The van der Waals surface area contributed by atoms with E-state index >= 15 is 0 Å². The molecule has 3 rings (SSSR count). The SMILES string of the molecule is Cc1cc(Br)ccc1C(O)c1cnc2ccccc2c1. The number of nitrogens with zero attached hydrogens (tertiary/aromatic N) is 1. The maximum Gasteiger partial charge on any atom is 0.106 e. The summed E-state index contributed by atoms with van der Waals surface area (Å²) in [5.74, 6) is 0. The van der Waals surface area contributed by atoms with Crippen LogP contribution in [0.15, 0.2) is 59.2 Å².